The van der Waals surface area contributed by atoms with Gasteiger partial charge in [0.2, 0.25) is 0 Å². The lowest BCUT2D eigenvalue weighted by atomic mass is 10.2. The summed E-state index contributed by atoms with van der Waals surface area (Å²) in [5.74, 6) is -0.165. The van der Waals surface area contributed by atoms with Crippen LogP contribution in [0.25, 0.3) is 0 Å². The van der Waals surface area contributed by atoms with E-state index in [2.05, 4.69) is 27.6 Å². The van der Waals surface area contributed by atoms with Crippen molar-refractivity contribution in [2.75, 3.05) is 45.2 Å². The normalized spacial score (nSPS) is 19.6. The van der Waals surface area contributed by atoms with E-state index in [-0.39, 0.29) is 12.0 Å². The molecule has 110 valence electrons. The highest BCUT2D eigenvalue weighted by atomic mass is 16.5. The Hall–Kier alpha value is -1.66. The van der Waals surface area contributed by atoms with Gasteiger partial charge in [-0.2, -0.15) is 0 Å². The van der Waals surface area contributed by atoms with Crippen molar-refractivity contribution < 1.29 is 9.53 Å². The minimum atomic E-state index is -0.165. The first-order chi connectivity index (χ1) is 9.69. The van der Waals surface area contributed by atoms with E-state index in [0.29, 0.717) is 18.8 Å². The molecule has 2 rings (SSSR count). The fourth-order valence-corrected chi connectivity index (χ4v) is 2.16. The number of likely N-dealkylation sites (N-methyl/N-ethyl adjacent to an activating group) is 1. The van der Waals surface area contributed by atoms with E-state index in [4.69, 9.17) is 4.74 Å². The van der Waals surface area contributed by atoms with E-state index in [1.54, 1.807) is 12.3 Å². The molecule has 0 radical (unpaired) electrons. The number of morpholine rings is 1. The molecule has 0 aliphatic carbocycles. The highest BCUT2D eigenvalue weighted by molar-refractivity contribution is 5.93. The molecule has 1 saturated heterocycles. The number of aromatic nitrogens is 1. The maximum absolute atomic E-state index is 12.1. The van der Waals surface area contributed by atoms with E-state index in [0.717, 1.165) is 25.3 Å². The SMILES string of the molecule is CCNc1ccnc(C(=O)NCC2CN(C)CCO2)c1. The van der Waals surface area contributed by atoms with Crippen molar-refractivity contribution in [3.63, 3.8) is 0 Å². The summed E-state index contributed by atoms with van der Waals surface area (Å²) in [6.07, 6.45) is 1.69. The number of anilines is 1. The molecular formula is C14H22N4O2. The summed E-state index contributed by atoms with van der Waals surface area (Å²) in [5.41, 5.74) is 1.33. The molecule has 0 bridgehead atoms. The van der Waals surface area contributed by atoms with Gasteiger partial charge in [-0.25, -0.2) is 0 Å². The molecule has 1 aliphatic heterocycles. The van der Waals surface area contributed by atoms with Gasteiger partial charge in [0.25, 0.3) is 5.91 Å². The molecule has 1 fully saturated rings. The predicted octanol–water partition coefficient (Wildman–Crippen LogP) is 0.574. The topological polar surface area (TPSA) is 66.5 Å². The molecule has 20 heavy (non-hydrogen) atoms. The maximum Gasteiger partial charge on any atom is 0.270 e. The van der Waals surface area contributed by atoms with Gasteiger partial charge in [-0.3, -0.25) is 9.78 Å². The average molecular weight is 278 g/mol. The molecule has 1 atom stereocenters. The molecule has 6 heteroatoms. The van der Waals surface area contributed by atoms with Crippen LogP contribution in [0, 0.1) is 0 Å². The Morgan fingerprint density at radius 1 is 1.60 bits per heavy atom. The summed E-state index contributed by atoms with van der Waals surface area (Å²) in [6.45, 7) is 5.83. The van der Waals surface area contributed by atoms with Crippen LogP contribution >= 0.6 is 0 Å². The van der Waals surface area contributed by atoms with Gasteiger partial charge in [-0.1, -0.05) is 0 Å². The fourth-order valence-electron chi connectivity index (χ4n) is 2.16. The molecule has 1 aromatic heterocycles. The van der Waals surface area contributed by atoms with E-state index < -0.39 is 0 Å². The number of hydrogen-bond donors (Lipinski definition) is 2. The number of hydrogen-bond acceptors (Lipinski definition) is 5. The number of carbonyl (C=O) groups excluding carboxylic acids is 1. The summed E-state index contributed by atoms with van der Waals surface area (Å²) in [5, 5.41) is 6.04. The molecule has 6 nitrogen and oxygen atoms in total. The third-order valence-corrected chi connectivity index (χ3v) is 3.21. The van der Waals surface area contributed by atoms with E-state index in [9.17, 15) is 4.79 Å². The number of ether oxygens (including phenoxy) is 1. The molecule has 1 amide bonds. The van der Waals surface area contributed by atoms with Crippen LogP contribution in [-0.4, -0.2) is 61.7 Å². The lowest BCUT2D eigenvalue weighted by Crippen LogP contribution is -2.46. The molecule has 2 N–H and O–H groups in total. The van der Waals surface area contributed by atoms with Gasteiger partial charge in [0.15, 0.2) is 0 Å². The van der Waals surface area contributed by atoms with Crippen molar-refractivity contribution in [1.82, 2.24) is 15.2 Å². The Labute approximate surface area is 119 Å². The highest BCUT2D eigenvalue weighted by Gasteiger charge is 2.18. The van der Waals surface area contributed by atoms with Crippen molar-refractivity contribution in [1.29, 1.82) is 0 Å². The second-order valence-corrected chi connectivity index (χ2v) is 4.93. The van der Waals surface area contributed by atoms with Gasteiger partial charge in [-0.15, -0.1) is 0 Å². The number of nitrogens with one attached hydrogen (secondary N) is 2. The zero-order valence-electron chi connectivity index (χ0n) is 12.1. The van der Waals surface area contributed by atoms with Gasteiger partial charge in [0.1, 0.15) is 5.69 Å². The Bertz CT molecular complexity index is 453. The Kier molecular flexibility index (Phi) is 5.31. The molecular weight excluding hydrogens is 256 g/mol. The Morgan fingerprint density at radius 3 is 3.20 bits per heavy atom. The van der Waals surface area contributed by atoms with Crippen LogP contribution in [0.4, 0.5) is 5.69 Å². The van der Waals surface area contributed by atoms with Crippen LogP contribution in [0.3, 0.4) is 0 Å². The number of amides is 1. The maximum atomic E-state index is 12.1. The van der Waals surface area contributed by atoms with Gasteiger partial charge in [0, 0.05) is 38.1 Å². The summed E-state index contributed by atoms with van der Waals surface area (Å²) >= 11 is 0. The largest absolute Gasteiger partial charge is 0.385 e. The van der Waals surface area contributed by atoms with Gasteiger partial charge in [0.05, 0.1) is 12.7 Å². The van der Waals surface area contributed by atoms with Gasteiger partial charge < -0.3 is 20.3 Å². The fraction of sp³-hybridized carbons (Fsp3) is 0.571. The first-order valence-corrected chi connectivity index (χ1v) is 6.97. The smallest absolute Gasteiger partial charge is 0.270 e. The third kappa shape index (κ3) is 4.18. The van der Waals surface area contributed by atoms with Crippen molar-refractivity contribution in [3.05, 3.63) is 24.0 Å². The number of nitrogens with zero attached hydrogens (tertiary/aromatic N) is 2. The molecule has 1 aliphatic rings. The van der Waals surface area contributed by atoms with Crippen molar-refractivity contribution >= 4 is 11.6 Å². The third-order valence-electron chi connectivity index (χ3n) is 3.21. The molecule has 1 aromatic rings. The molecule has 0 aromatic carbocycles. The standard InChI is InChI=1S/C14H22N4O2/c1-3-15-11-4-5-16-13(8-11)14(19)17-9-12-10-18(2)6-7-20-12/h4-5,8,12H,3,6-7,9-10H2,1-2H3,(H,15,16)(H,17,19). The second-order valence-electron chi connectivity index (χ2n) is 4.93. The Balaban J connectivity index is 1.86. The average Bonchev–Trinajstić information content (AvgIpc) is 2.45. The van der Waals surface area contributed by atoms with Crippen LogP contribution < -0.4 is 10.6 Å². The molecule has 1 unspecified atom stereocenters. The predicted molar refractivity (Wildman–Crippen MR) is 78.0 cm³/mol. The van der Waals surface area contributed by atoms with Crippen LogP contribution in [0.2, 0.25) is 0 Å². The first kappa shape index (κ1) is 14.7. The van der Waals surface area contributed by atoms with Gasteiger partial charge in [-0.05, 0) is 26.1 Å². The van der Waals surface area contributed by atoms with E-state index in [1.807, 2.05) is 13.0 Å². The van der Waals surface area contributed by atoms with Crippen molar-refractivity contribution in [2.45, 2.75) is 13.0 Å². The second kappa shape index (κ2) is 7.21. The van der Waals surface area contributed by atoms with Crippen LogP contribution in [0.5, 0.6) is 0 Å². The van der Waals surface area contributed by atoms with Gasteiger partial charge >= 0.3 is 0 Å². The minimum absolute atomic E-state index is 0.0506. The van der Waals surface area contributed by atoms with Crippen molar-refractivity contribution in [3.8, 4) is 0 Å². The molecule has 0 saturated carbocycles. The lowest BCUT2D eigenvalue weighted by molar-refractivity contribution is -0.0175. The quantitative estimate of drug-likeness (QED) is 0.824. The number of carbonyl (C=O) groups is 1. The number of rotatable bonds is 5. The Morgan fingerprint density at radius 2 is 2.45 bits per heavy atom. The number of pyridine rings is 1. The van der Waals surface area contributed by atoms with Crippen LogP contribution in [0.1, 0.15) is 17.4 Å². The van der Waals surface area contributed by atoms with Crippen LogP contribution in [0.15, 0.2) is 18.3 Å². The molecule has 2 heterocycles. The molecule has 0 spiro atoms. The van der Waals surface area contributed by atoms with E-state index in [1.165, 1.54) is 0 Å². The van der Waals surface area contributed by atoms with Crippen LogP contribution in [-0.2, 0) is 4.74 Å². The monoisotopic (exact) mass is 278 g/mol. The zero-order chi connectivity index (χ0) is 14.4. The lowest BCUT2D eigenvalue weighted by Gasteiger charge is -2.30. The highest BCUT2D eigenvalue weighted by Crippen LogP contribution is 2.08. The van der Waals surface area contributed by atoms with E-state index >= 15 is 0 Å². The summed E-state index contributed by atoms with van der Waals surface area (Å²) in [7, 11) is 2.05. The first-order valence-electron chi connectivity index (χ1n) is 6.97. The summed E-state index contributed by atoms with van der Waals surface area (Å²) in [6, 6.07) is 3.60. The minimum Gasteiger partial charge on any atom is -0.385 e. The van der Waals surface area contributed by atoms with Crippen molar-refractivity contribution in [2.24, 2.45) is 0 Å². The summed E-state index contributed by atoms with van der Waals surface area (Å²) < 4.78 is 5.61. The summed E-state index contributed by atoms with van der Waals surface area (Å²) in [4.78, 5) is 18.4. The zero-order valence-corrected chi connectivity index (χ0v) is 12.1.